The number of carbonyl (C=O) groups excluding carboxylic acids is 1. The molecule has 0 aliphatic rings. The largest absolute Gasteiger partial charge is 0.418 e. The molecule has 0 saturated carbocycles. The van der Waals surface area contributed by atoms with Crippen molar-refractivity contribution in [3.05, 3.63) is 83.8 Å². The number of alkyl halides is 3. The molecular formula is C20H17F3N4O. The Hall–Kier alpha value is -3.42. The van der Waals surface area contributed by atoms with Gasteiger partial charge in [0.1, 0.15) is 17.8 Å². The third-order valence-corrected chi connectivity index (χ3v) is 4.02. The molecule has 0 aliphatic heterocycles. The zero-order valence-electron chi connectivity index (χ0n) is 14.9. The second kappa shape index (κ2) is 8.08. The van der Waals surface area contributed by atoms with Crippen molar-refractivity contribution in [2.24, 2.45) is 0 Å². The molecule has 0 radical (unpaired) electrons. The highest BCUT2D eigenvalue weighted by Crippen LogP contribution is 2.34. The number of anilines is 2. The zero-order chi connectivity index (χ0) is 20.1. The van der Waals surface area contributed by atoms with Crippen LogP contribution in [0.4, 0.5) is 24.7 Å². The molecule has 0 atom stereocenters. The van der Waals surface area contributed by atoms with Crippen LogP contribution in [-0.4, -0.2) is 22.9 Å². The van der Waals surface area contributed by atoms with E-state index in [0.29, 0.717) is 12.4 Å². The molecular weight excluding hydrogens is 369 g/mol. The van der Waals surface area contributed by atoms with Crippen LogP contribution in [-0.2, 0) is 12.7 Å². The van der Waals surface area contributed by atoms with Crippen molar-refractivity contribution in [1.29, 1.82) is 0 Å². The minimum atomic E-state index is -4.57. The Morgan fingerprint density at radius 1 is 1.04 bits per heavy atom. The molecule has 0 saturated heterocycles. The summed E-state index contributed by atoms with van der Waals surface area (Å²) in [5.74, 6) is -0.262. The number of amides is 1. The first-order valence-electron chi connectivity index (χ1n) is 8.39. The Morgan fingerprint density at radius 3 is 2.43 bits per heavy atom. The summed E-state index contributed by atoms with van der Waals surface area (Å²) >= 11 is 0. The van der Waals surface area contributed by atoms with E-state index in [0.717, 1.165) is 11.6 Å². The van der Waals surface area contributed by atoms with Crippen LogP contribution in [0.2, 0.25) is 0 Å². The topological polar surface area (TPSA) is 58.1 Å². The molecule has 0 unspecified atom stereocenters. The first-order valence-corrected chi connectivity index (χ1v) is 8.39. The van der Waals surface area contributed by atoms with E-state index in [-0.39, 0.29) is 11.4 Å². The number of benzene rings is 2. The monoisotopic (exact) mass is 386 g/mol. The van der Waals surface area contributed by atoms with Crippen LogP contribution < -0.4 is 10.2 Å². The van der Waals surface area contributed by atoms with E-state index in [9.17, 15) is 18.0 Å². The molecule has 3 rings (SSSR count). The summed E-state index contributed by atoms with van der Waals surface area (Å²) in [6.07, 6.45) is -3.36. The molecule has 0 fully saturated rings. The number of hydrogen-bond acceptors (Lipinski definition) is 4. The van der Waals surface area contributed by atoms with Gasteiger partial charge in [0.05, 0.1) is 11.3 Å². The van der Waals surface area contributed by atoms with Crippen LogP contribution in [0, 0.1) is 0 Å². The Bertz CT molecular complexity index is 961. The average molecular weight is 386 g/mol. The van der Waals surface area contributed by atoms with Crippen LogP contribution in [0.25, 0.3) is 0 Å². The fraction of sp³-hybridized carbons (Fsp3) is 0.150. The lowest BCUT2D eigenvalue weighted by atomic mass is 10.1. The average Bonchev–Trinajstić information content (AvgIpc) is 2.68. The third-order valence-electron chi connectivity index (χ3n) is 4.02. The summed E-state index contributed by atoms with van der Waals surface area (Å²) in [4.78, 5) is 22.3. The molecule has 0 spiro atoms. The molecule has 144 valence electrons. The lowest BCUT2D eigenvalue weighted by molar-refractivity contribution is -0.136. The minimum absolute atomic E-state index is 0.0260. The highest BCUT2D eigenvalue weighted by atomic mass is 19.4. The normalized spacial score (nSPS) is 11.1. The van der Waals surface area contributed by atoms with Gasteiger partial charge in [-0.05, 0) is 17.7 Å². The molecule has 28 heavy (non-hydrogen) atoms. The number of rotatable bonds is 5. The van der Waals surface area contributed by atoms with E-state index < -0.39 is 17.6 Å². The molecule has 0 bridgehead atoms. The Balaban J connectivity index is 1.78. The molecule has 5 nitrogen and oxygen atoms in total. The minimum Gasteiger partial charge on any atom is -0.355 e. The lowest BCUT2D eigenvalue weighted by Gasteiger charge is -2.18. The second-order valence-corrected chi connectivity index (χ2v) is 6.10. The van der Waals surface area contributed by atoms with Gasteiger partial charge < -0.3 is 10.2 Å². The Labute approximate surface area is 159 Å². The van der Waals surface area contributed by atoms with E-state index in [1.807, 2.05) is 35.2 Å². The van der Waals surface area contributed by atoms with Crippen molar-refractivity contribution >= 4 is 17.4 Å². The van der Waals surface area contributed by atoms with E-state index in [1.165, 1.54) is 30.6 Å². The van der Waals surface area contributed by atoms with Crippen LogP contribution >= 0.6 is 0 Å². The molecule has 1 N–H and O–H groups in total. The number of halogens is 3. The summed E-state index contributed by atoms with van der Waals surface area (Å²) < 4.78 is 39.3. The number of carbonyl (C=O) groups is 1. The highest BCUT2D eigenvalue weighted by Gasteiger charge is 2.33. The molecule has 0 aliphatic carbocycles. The van der Waals surface area contributed by atoms with Crippen LogP contribution in [0.1, 0.15) is 21.6 Å². The maximum absolute atomic E-state index is 13.1. The molecule has 2 aromatic carbocycles. The SMILES string of the molecule is CN(Cc1ccccc1)c1cc(C(=O)Nc2ccccc2C(F)(F)F)ncn1. The fourth-order valence-electron chi connectivity index (χ4n) is 2.64. The summed E-state index contributed by atoms with van der Waals surface area (Å²) in [6, 6.07) is 15.9. The standard InChI is InChI=1S/C20H17F3N4O/c1-27(12-14-7-3-2-4-8-14)18-11-17(24-13-25-18)19(28)26-16-10-6-5-9-15(16)20(21,22)23/h2-11,13H,12H2,1H3,(H,26,28). The first-order chi connectivity index (χ1) is 13.3. The zero-order valence-corrected chi connectivity index (χ0v) is 14.9. The molecule has 1 heterocycles. The molecule has 1 amide bonds. The number of nitrogens with one attached hydrogen (secondary N) is 1. The maximum atomic E-state index is 13.1. The van der Waals surface area contributed by atoms with Crippen molar-refractivity contribution in [3.8, 4) is 0 Å². The van der Waals surface area contributed by atoms with Crippen molar-refractivity contribution in [1.82, 2.24) is 9.97 Å². The van der Waals surface area contributed by atoms with Gasteiger partial charge in [-0.25, -0.2) is 9.97 Å². The van der Waals surface area contributed by atoms with Gasteiger partial charge in [-0.15, -0.1) is 0 Å². The lowest BCUT2D eigenvalue weighted by Crippen LogP contribution is -2.21. The van der Waals surface area contributed by atoms with Gasteiger partial charge >= 0.3 is 6.18 Å². The Kier molecular flexibility index (Phi) is 5.58. The van der Waals surface area contributed by atoms with Gasteiger partial charge in [0.25, 0.3) is 5.91 Å². The van der Waals surface area contributed by atoms with Gasteiger partial charge in [0, 0.05) is 19.7 Å². The summed E-state index contributed by atoms with van der Waals surface area (Å²) in [6.45, 7) is 0.551. The number of aromatic nitrogens is 2. The van der Waals surface area contributed by atoms with Gasteiger partial charge in [-0.2, -0.15) is 13.2 Å². The van der Waals surface area contributed by atoms with E-state index >= 15 is 0 Å². The van der Waals surface area contributed by atoms with Gasteiger partial charge in [0.15, 0.2) is 0 Å². The second-order valence-electron chi connectivity index (χ2n) is 6.10. The van der Waals surface area contributed by atoms with Crippen molar-refractivity contribution in [2.45, 2.75) is 12.7 Å². The number of para-hydroxylation sites is 1. The van der Waals surface area contributed by atoms with E-state index in [2.05, 4.69) is 15.3 Å². The van der Waals surface area contributed by atoms with Crippen molar-refractivity contribution in [3.63, 3.8) is 0 Å². The number of nitrogens with zero attached hydrogens (tertiary/aromatic N) is 3. The summed E-state index contributed by atoms with van der Waals surface area (Å²) in [5, 5.41) is 2.28. The quantitative estimate of drug-likeness (QED) is 0.707. The van der Waals surface area contributed by atoms with E-state index in [1.54, 1.807) is 7.05 Å². The predicted molar refractivity (Wildman–Crippen MR) is 100.0 cm³/mol. The summed E-state index contributed by atoms with van der Waals surface area (Å²) in [5.41, 5.74) is -0.216. The molecule has 1 aromatic heterocycles. The van der Waals surface area contributed by atoms with Crippen molar-refractivity contribution in [2.75, 3.05) is 17.3 Å². The molecule has 8 heteroatoms. The smallest absolute Gasteiger partial charge is 0.355 e. The predicted octanol–water partition coefficient (Wildman–Crippen LogP) is 4.38. The number of hydrogen-bond donors (Lipinski definition) is 1. The maximum Gasteiger partial charge on any atom is 0.418 e. The Morgan fingerprint density at radius 2 is 1.71 bits per heavy atom. The van der Waals surface area contributed by atoms with Crippen LogP contribution in [0.3, 0.4) is 0 Å². The van der Waals surface area contributed by atoms with Gasteiger partial charge in [-0.3, -0.25) is 4.79 Å². The van der Waals surface area contributed by atoms with Gasteiger partial charge in [-0.1, -0.05) is 42.5 Å². The van der Waals surface area contributed by atoms with Crippen LogP contribution in [0.5, 0.6) is 0 Å². The third kappa shape index (κ3) is 4.64. The van der Waals surface area contributed by atoms with Crippen LogP contribution in [0.15, 0.2) is 67.0 Å². The van der Waals surface area contributed by atoms with Gasteiger partial charge in [0.2, 0.25) is 0 Å². The van der Waals surface area contributed by atoms with E-state index in [4.69, 9.17) is 0 Å². The van der Waals surface area contributed by atoms with Crippen molar-refractivity contribution < 1.29 is 18.0 Å². The highest BCUT2D eigenvalue weighted by molar-refractivity contribution is 6.03. The molecule has 3 aromatic rings. The summed E-state index contributed by atoms with van der Waals surface area (Å²) in [7, 11) is 1.80. The fourth-order valence-corrected chi connectivity index (χ4v) is 2.64. The first kappa shape index (κ1) is 19.3.